The predicted octanol–water partition coefficient (Wildman–Crippen LogP) is 3.42. The number of nitrogens with two attached hydrogens (primary N) is 1. The maximum Gasteiger partial charge on any atom is 0.193 e. The van der Waals surface area contributed by atoms with E-state index in [-0.39, 0.29) is 30.0 Å². The fourth-order valence-electron chi connectivity index (χ4n) is 3.16. The summed E-state index contributed by atoms with van der Waals surface area (Å²) >= 11 is 0. The zero-order valence-corrected chi connectivity index (χ0v) is 18.8. The fraction of sp³-hybridized carbons (Fsp3) is 0.381. The molecule has 1 saturated heterocycles. The summed E-state index contributed by atoms with van der Waals surface area (Å²) < 4.78 is 10.7. The number of methoxy groups -OCH3 is 1. The molecule has 28 heavy (non-hydrogen) atoms. The van der Waals surface area contributed by atoms with E-state index in [1.807, 2.05) is 24.3 Å². The van der Waals surface area contributed by atoms with Crippen LogP contribution in [-0.2, 0) is 4.74 Å². The summed E-state index contributed by atoms with van der Waals surface area (Å²) in [5.41, 5.74) is 9.51. The third kappa shape index (κ3) is 6.35. The van der Waals surface area contributed by atoms with Gasteiger partial charge in [-0.2, -0.15) is 0 Å². The number of morpholine rings is 1. The number of anilines is 1. The molecular weight excluding hydrogens is 467 g/mol. The van der Waals surface area contributed by atoms with Gasteiger partial charge in [0.05, 0.1) is 32.9 Å². The van der Waals surface area contributed by atoms with Crippen molar-refractivity contribution in [3.63, 3.8) is 0 Å². The van der Waals surface area contributed by atoms with E-state index in [1.54, 1.807) is 7.11 Å². The topological polar surface area (TPSA) is 72.1 Å². The van der Waals surface area contributed by atoms with Crippen LogP contribution in [-0.4, -0.2) is 50.8 Å². The molecule has 0 bridgehead atoms. The summed E-state index contributed by atoms with van der Waals surface area (Å²) in [6, 6.07) is 16.4. The lowest BCUT2D eigenvalue weighted by Crippen LogP contribution is -2.40. The number of guanidine groups is 1. The number of nitrogens with zero attached hydrogens (tertiary/aromatic N) is 2. The monoisotopic (exact) mass is 496 g/mol. The highest BCUT2D eigenvalue weighted by atomic mass is 127. The van der Waals surface area contributed by atoms with Crippen LogP contribution < -0.4 is 15.8 Å². The third-order valence-electron chi connectivity index (χ3n) is 4.75. The highest BCUT2D eigenvalue weighted by Gasteiger charge is 2.22. The van der Waals surface area contributed by atoms with Crippen molar-refractivity contribution in [2.24, 2.45) is 10.7 Å². The molecule has 0 spiro atoms. The molecule has 6 nitrogen and oxygen atoms in total. The Morgan fingerprint density at radius 3 is 2.39 bits per heavy atom. The molecule has 1 aliphatic rings. The number of hydrogen-bond acceptors (Lipinski definition) is 4. The van der Waals surface area contributed by atoms with Crippen LogP contribution >= 0.6 is 24.0 Å². The largest absolute Gasteiger partial charge is 0.497 e. The standard InChI is InChI=1S/C21H28N4O2.HI/c1-16-3-5-17(6-4-16)20(25-11-13-27-14-12-25)15-23-21(22)24-18-7-9-19(26-2)10-8-18;/h3-10,20H,11-15H2,1-2H3,(H3,22,23,24);1H. The first-order valence-corrected chi connectivity index (χ1v) is 9.25. The smallest absolute Gasteiger partial charge is 0.193 e. The van der Waals surface area contributed by atoms with Crippen molar-refractivity contribution < 1.29 is 9.47 Å². The first-order chi connectivity index (χ1) is 13.2. The molecule has 2 aromatic rings. The Balaban J connectivity index is 0.00000280. The van der Waals surface area contributed by atoms with Crippen LogP contribution in [0.1, 0.15) is 17.2 Å². The highest BCUT2D eigenvalue weighted by Crippen LogP contribution is 2.23. The summed E-state index contributed by atoms with van der Waals surface area (Å²) in [6.07, 6.45) is 0. The van der Waals surface area contributed by atoms with Crippen molar-refractivity contribution in [2.45, 2.75) is 13.0 Å². The van der Waals surface area contributed by atoms with Gasteiger partial charge < -0.3 is 20.5 Å². The Morgan fingerprint density at radius 2 is 1.79 bits per heavy atom. The summed E-state index contributed by atoms with van der Waals surface area (Å²) in [6.45, 7) is 6.01. The molecule has 0 amide bonds. The molecule has 1 fully saturated rings. The van der Waals surface area contributed by atoms with Crippen LogP contribution in [0.3, 0.4) is 0 Å². The lowest BCUT2D eigenvalue weighted by atomic mass is 10.0. The Labute approximate surface area is 184 Å². The second-order valence-corrected chi connectivity index (χ2v) is 6.65. The average Bonchev–Trinajstić information content (AvgIpc) is 2.71. The number of hydrogen-bond donors (Lipinski definition) is 2. The quantitative estimate of drug-likeness (QED) is 0.365. The predicted molar refractivity (Wildman–Crippen MR) is 125 cm³/mol. The minimum absolute atomic E-state index is 0. The molecule has 0 saturated carbocycles. The fourth-order valence-corrected chi connectivity index (χ4v) is 3.16. The lowest BCUT2D eigenvalue weighted by Gasteiger charge is -2.34. The van der Waals surface area contributed by atoms with Crippen molar-refractivity contribution in [1.82, 2.24) is 4.90 Å². The number of rotatable bonds is 6. The van der Waals surface area contributed by atoms with Gasteiger partial charge >= 0.3 is 0 Å². The zero-order chi connectivity index (χ0) is 19.1. The van der Waals surface area contributed by atoms with E-state index in [9.17, 15) is 0 Å². The number of halogens is 1. The number of nitrogens with one attached hydrogen (secondary N) is 1. The zero-order valence-electron chi connectivity index (χ0n) is 16.4. The van der Waals surface area contributed by atoms with Gasteiger partial charge in [-0.1, -0.05) is 29.8 Å². The molecule has 0 radical (unpaired) electrons. The van der Waals surface area contributed by atoms with E-state index < -0.39 is 0 Å². The first kappa shape index (κ1) is 22.4. The van der Waals surface area contributed by atoms with E-state index in [4.69, 9.17) is 15.2 Å². The molecule has 3 N–H and O–H groups in total. The third-order valence-corrected chi connectivity index (χ3v) is 4.75. The van der Waals surface area contributed by atoms with E-state index >= 15 is 0 Å². The van der Waals surface area contributed by atoms with Gasteiger partial charge in [0.2, 0.25) is 0 Å². The van der Waals surface area contributed by atoms with Gasteiger partial charge in [0.25, 0.3) is 0 Å². The Morgan fingerprint density at radius 1 is 1.14 bits per heavy atom. The molecule has 0 aromatic heterocycles. The van der Waals surface area contributed by atoms with Gasteiger partial charge in [0.1, 0.15) is 5.75 Å². The second kappa shape index (κ2) is 11.2. The van der Waals surface area contributed by atoms with E-state index in [2.05, 4.69) is 46.4 Å². The van der Waals surface area contributed by atoms with Crippen LogP contribution in [0.5, 0.6) is 5.75 Å². The van der Waals surface area contributed by atoms with E-state index in [1.165, 1.54) is 11.1 Å². The maximum atomic E-state index is 6.12. The minimum atomic E-state index is 0. The average molecular weight is 496 g/mol. The van der Waals surface area contributed by atoms with Crippen molar-refractivity contribution in [2.75, 3.05) is 45.3 Å². The number of ether oxygens (including phenoxy) is 2. The van der Waals surface area contributed by atoms with Gasteiger partial charge in [0, 0.05) is 18.8 Å². The Bertz CT molecular complexity index is 744. The lowest BCUT2D eigenvalue weighted by molar-refractivity contribution is 0.0180. The van der Waals surface area contributed by atoms with Crippen molar-refractivity contribution in [3.8, 4) is 5.75 Å². The molecule has 7 heteroatoms. The molecule has 1 atom stereocenters. The normalized spacial score (nSPS) is 16.1. The molecule has 3 rings (SSSR count). The second-order valence-electron chi connectivity index (χ2n) is 6.65. The summed E-state index contributed by atoms with van der Waals surface area (Å²) in [7, 11) is 1.65. The molecule has 152 valence electrons. The van der Waals surface area contributed by atoms with Crippen molar-refractivity contribution in [3.05, 3.63) is 59.7 Å². The molecule has 0 aliphatic carbocycles. The van der Waals surface area contributed by atoms with Gasteiger partial charge in [-0.15, -0.1) is 24.0 Å². The van der Waals surface area contributed by atoms with Crippen LogP contribution in [0.2, 0.25) is 0 Å². The van der Waals surface area contributed by atoms with Crippen LogP contribution in [0, 0.1) is 6.92 Å². The number of benzene rings is 2. The first-order valence-electron chi connectivity index (χ1n) is 9.25. The summed E-state index contributed by atoms with van der Waals surface area (Å²) in [4.78, 5) is 7.02. The van der Waals surface area contributed by atoms with Gasteiger partial charge in [-0.05, 0) is 36.8 Å². The molecule has 2 aromatic carbocycles. The highest BCUT2D eigenvalue weighted by molar-refractivity contribution is 14.0. The summed E-state index contributed by atoms with van der Waals surface area (Å²) in [5, 5.41) is 3.14. The number of aliphatic imine (C=N–C) groups is 1. The molecular formula is C21H29IN4O2. The molecule has 1 unspecified atom stereocenters. The minimum Gasteiger partial charge on any atom is -0.497 e. The Hall–Kier alpha value is -1.84. The molecule has 1 aliphatic heterocycles. The number of aryl methyl sites for hydroxylation is 1. The van der Waals surface area contributed by atoms with E-state index in [0.717, 1.165) is 37.7 Å². The van der Waals surface area contributed by atoms with Gasteiger partial charge in [-0.3, -0.25) is 9.89 Å². The van der Waals surface area contributed by atoms with Gasteiger partial charge in [-0.25, -0.2) is 0 Å². The Kier molecular flexibility index (Phi) is 9.01. The van der Waals surface area contributed by atoms with Gasteiger partial charge in [0.15, 0.2) is 5.96 Å². The van der Waals surface area contributed by atoms with Crippen LogP contribution in [0.15, 0.2) is 53.5 Å². The summed E-state index contributed by atoms with van der Waals surface area (Å²) in [5.74, 6) is 1.22. The van der Waals surface area contributed by atoms with E-state index in [0.29, 0.717) is 12.5 Å². The SMILES string of the molecule is COc1ccc(NC(N)=NCC(c2ccc(C)cc2)N2CCOCC2)cc1.I. The van der Waals surface area contributed by atoms with Crippen molar-refractivity contribution in [1.29, 1.82) is 0 Å². The van der Waals surface area contributed by atoms with Crippen LogP contribution in [0.25, 0.3) is 0 Å². The molecule has 1 heterocycles. The van der Waals surface area contributed by atoms with Crippen molar-refractivity contribution >= 4 is 35.6 Å². The van der Waals surface area contributed by atoms with Crippen LogP contribution in [0.4, 0.5) is 5.69 Å². The maximum absolute atomic E-state index is 6.12.